The van der Waals surface area contributed by atoms with Gasteiger partial charge in [0.2, 0.25) is 0 Å². The first-order chi connectivity index (χ1) is 15.0. The summed E-state index contributed by atoms with van der Waals surface area (Å²) in [6.07, 6.45) is 0. The predicted molar refractivity (Wildman–Crippen MR) is 120 cm³/mol. The molecule has 0 atom stereocenters. The third-order valence-corrected chi connectivity index (χ3v) is 4.96. The van der Waals surface area contributed by atoms with Crippen molar-refractivity contribution < 1.29 is 14.3 Å². The Bertz CT molecular complexity index is 1310. The van der Waals surface area contributed by atoms with Crippen LogP contribution >= 0.6 is 0 Å². The van der Waals surface area contributed by atoms with Crippen LogP contribution in [-0.4, -0.2) is 30.1 Å². The number of anilines is 1. The Hall–Kier alpha value is -4.31. The molecule has 3 aromatic carbocycles. The van der Waals surface area contributed by atoms with Crippen molar-refractivity contribution in [2.24, 2.45) is 0 Å². The molecule has 0 saturated carbocycles. The molecular formula is C24H20N4O3. The summed E-state index contributed by atoms with van der Waals surface area (Å²) < 4.78 is 10.5. The molecule has 7 heteroatoms. The minimum atomic E-state index is -0.279. The van der Waals surface area contributed by atoms with Gasteiger partial charge in [-0.05, 0) is 48.9 Å². The Morgan fingerprint density at radius 3 is 2.45 bits per heavy atom. The van der Waals surface area contributed by atoms with Crippen LogP contribution in [0.1, 0.15) is 15.9 Å². The van der Waals surface area contributed by atoms with Gasteiger partial charge in [-0.2, -0.15) is 0 Å². The lowest BCUT2D eigenvalue weighted by Gasteiger charge is -2.11. The van der Waals surface area contributed by atoms with Gasteiger partial charge in [-0.1, -0.05) is 12.1 Å². The number of carbonyl (C=O) groups is 1. The third-order valence-electron chi connectivity index (χ3n) is 4.96. The van der Waals surface area contributed by atoms with Crippen LogP contribution in [0.2, 0.25) is 0 Å². The highest BCUT2D eigenvalue weighted by molar-refractivity contribution is 6.05. The molecule has 0 bridgehead atoms. The fourth-order valence-electron chi connectivity index (χ4n) is 3.29. The SMILES string of the molecule is [C-]#[N+]c1ccc2nc(-c3cc(NC(=O)c4cc(OC)cc(OC)c4)ccc3C)[nH]c2c1. The first-order valence-corrected chi connectivity index (χ1v) is 9.53. The first-order valence-electron chi connectivity index (χ1n) is 9.53. The van der Waals surface area contributed by atoms with Crippen molar-refractivity contribution in [2.45, 2.75) is 6.92 Å². The molecule has 7 nitrogen and oxygen atoms in total. The summed E-state index contributed by atoms with van der Waals surface area (Å²) in [6, 6.07) is 16.0. The summed E-state index contributed by atoms with van der Waals surface area (Å²) in [5.74, 6) is 1.47. The molecule has 0 aliphatic carbocycles. The molecule has 4 rings (SSSR count). The second-order valence-corrected chi connectivity index (χ2v) is 6.98. The maximum atomic E-state index is 12.8. The van der Waals surface area contributed by atoms with Crippen molar-refractivity contribution in [1.29, 1.82) is 0 Å². The van der Waals surface area contributed by atoms with Gasteiger partial charge in [-0.25, -0.2) is 9.83 Å². The molecule has 1 heterocycles. The van der Waals surface area contributed by atoms with Crippen molar-refractivity contribution in [3.8, 4) is 22.9 Å². The Morgan fingerprint density at radius 1 is 1.03 bits per heavy atom. The summed E-state index contributed by atoms with van der Waals surface area (Å²) in [6.45, 7) is 9.15. The fraction of sp³-hybridized carbons (Fsp3) is 0.125. The number of ether oxygens (including phenoxy) is 2. The molecular weight excluding hydrogens is 392 g/mol. The van der Waals surface area contributed by atoms with Crippen molar-refractivity contribution in [1.82, 2.24) is 9.97 Å². The molecule has 0 aliphatic rings. The predicted octanol–water partition coefficient (Wildman–Crippen LogP) is 5.36. The van der Waals surface area contributed by atoms with Crippen LogP contribution < -0.4 is 14.8 Å². The number of aryl methyl sites for hydroxylation is 1. The van der Waals surface area contributed by atoms with Crippen molar-refractivity contribution in [2.75, 3.05) is 19.5 Å². The van der Waals surface area contributed by atoms with Crippen LogP contribution in [0.5, 0.6) is 11.5 Å². The van der Waals surface area contributed by atoms with E-state index in [2.05, 4.69) is 20.1 Å². The van der Waals surface area contributed by atoms with E-state index in [4.69, 9.17) is 16.0 Å². The number of hydrogen-bond acceptors (Lipinski definition) is 4. The van der Waals surface area contributed by atoms with Gasteiger partial charge in [0.05, 0.1) is 31.8 Å². The standard InChI is InChI=1S/C24H20N4O3/c1-14-5-6-17(26-24(29)15-9-18(30-3)13-19(10-15)31-4)11-20(14)23-27-21-8-7-16(25-2)12-22(21)28-23/h5-13H,1,3-4H3,(H,26,29)(H,27,28). The number of aromatic nitrogens is 2. The second-order valence-electron chi connectivity index (χ2n) is 6.98. The Kier molecular flexibility index (Phi) is 5.29. The lowest BCUT2D eigenvalue weighted by Crippen LogP contribution is -2.12. The van der Waals surface area contributed by atoms with E-state index < -0.39 is 0 Å². The number of fused-ring (bicyclic) bond motifs is 1. The summed E-state index contributed by atoms with van der Waals surface area (Å²) in [4.78, 5) is 24.2. The lowest BCUT2D eigenvalue weighted by atomic mass is 10.1. The van der Waals surface area contributed by atoms with Gasteiger partial charge in [-0.3, -0.25) is 4.79 Å². The monoisotopic (exact) mass is 412 g/mol. The van der Waals surface area contributed by atoms with E-state index in [1.165, 1.54) is 14.2 Å². The van der Waals surface area contributed by atoms with Gasteiger partial charge in [0, 0.05) is 22.9 Å². The van der Waals surface area contributed by atoms with Crippen LogP contribution in [-0.2, 0) is 0 Å². The van der Waals surface area contributed by atoms with Gasteiger partial charge in [0.1, 0.15) is 17.3 Å². The summed E-state index contributed by atoms with van der Waals surface area (Å²) in [5.41, 5.74) is 5.05. The number of methoxy groups -OCH3 is 2. The Balaban J connectivity index is 1.66. The quantitative estimate of drug-likeness (QED) is 0.433. The van der Waals surface area contributed by atoms with E-state index >= 15 is 0 Å². The van der Waals surface area contributed by atoms with Crippen molar-refractivity contribution in [3.05, 3.63) is 77.1 Å². The highest BCUT2D eigenvalue weighted by Gasteiger charge is 2.13. The number of carbonyl (C=O) groups excluding carboxylic acids is 1. The average Bonchev–Trinajstić information content (AvgIpc) is 3.22. The Morgan fingerprint density at radius 2 is 1.77 bits per heavy atom. The number of hydrogen-bond donors (Lipinski definition) is 2. The number of nitrogens with one attached hydrogen (secondary N) is 2. The minimum absolute atomic E-state index is 0.279. The van der Waals surface area contributed by atoms with E-state index in [0.717, 1.165) is 22.2 Å². The number of benzene rings is 3. The molecule has 0 unspecified atom stereocenters. The van der Waals surface area contributed by atoms with Gasteiger partial charge in [0.25, 0.3) is 5.91 Å². The normalized spacial score (nSPS) is 10.5. The topological polar surface area (TPSA) is 80.6 Å². The molecule has 31 heavy (non-hydrogen) atoms. The molecule has 0 radical (unpaired) electrons. The molecule has 4 aromatic rings. The highest BCUT2D eigenvalue weighted by Crippen LogP contribution is 2.29. The molecule has 0 aliphatic heterocycles. The largest absolute Gasteiger partial charge is 0.497 e. The number of amides is 1. The summed E-state index contributed by atoms with van der Waals surface area (Å²) in [5, 5.41) is 2.92. The summed E-state index contributed by atoms with van der Waals surface area (Å²) in [7, 11) is 3.08. The maximum absolute atomic E-state index is 12.8. The summed E-state index contributed by atoms with van der Waals surface area (Å²) >= 11 is 0. The molecule has 2 N–H and O–H groups in total. The Labute approximate surface area is 179 Å². The third kappa shape index (κ3) is 4.05. The zero-order valence-corrected chi connectivity index (χ0v) is 17.3. The minimum Gasteiger partial charge on any atom is -0.497 e. The van der Waals surface area contributed by atoms with E-state index in [1.54, 1.807) is 30.3 Å². The number of H-pyrrole nitrogens is 1. The van der Waals surface area contributed by atoms with E-state index in [0.29, 0.717) is 34.3 Å². The maximum Gasteiger partial charge on any atom is 0.255 e. The van der Waals surface area contributed by atoms with Gasteiger partial charge >= 0.3 is 0 Å². The van der Waals surface area contributed by atoms with Crippen LogP contribution in [0.4, 0.5) is 11.4 Å². The number of nitrogens with zero attached hydrogens (tertiary/aromatic N) is 2. The van der Waals surface area contributed by atoms with Gasteiger partial charge in [-0.15, -0.1) is 0 Å². The van der Waals surface area contributed by atoms with Crippen LogP contribution in [0.3, 0.4) is 0 Å². The average molecular weight is 412 g/mol. The van der Waals surface area contributed by atoms with Crippen molar-refractivity contribution >= 4 is 28.3 Å². The molecule has 0 saturated heterocycles. The zero-order valence-electron chi connectivity index (χ0n) is 17.3. The number of imidazole rings is 1. The highest BCUT2D eigenvalue weighted by atomic mass is 16.5. The molecule has 1 amide bonds. The van der Waals surface area contributed by atoms with Crippen molar-refractivity contribution in [3.63, 3.8) is 0 Å². The first kappa shape index (κ1) is 20.0. The molecule has 0 fully saturated rings. The smallest absolute Gasteiger partial charge is 0.255 e. The van der Waals surface area contributed by atoms with E-state index in [-0.39, 0.29) is 5.91 Å². The lowest BCUT2D eigenvalue weighted by molar-refractivity contribution is 0.102. The zero-order chi connectivity index (χ0) is 22.0. The molecule has 0 spiro atoms. The second kappa shape index (κ2) is 8.20. The fourth-order valence-corrected chi connectivity index (χ4v) is 3.29. The van der Waals surface area contributed by atoms with E-state index in [9.17, 15) is 4.79 Å². The van der Waals surface area contributed by atoms with Crippen LogP contribution in [0.25, 0.3) is 27.3 Å². The number of aromatic amines is 1. The van der Waals surface area contributed by atoms with Gasteiger partial charge in [0.15, 0.2) is 5.69 Å². The molecule has 1 aromatic heterocycles. The molecule has 154 valence electrons. The van der Waals surface area contributed by atoms with Crippen LogP contribution in [0.15, 0.2) is 54.6 Å². The van der Waals surface area contributed by atoms with Crippen LogP contribution in [0, 0.1) is 13.5 Å². The van der Waals surface area contributed by atoms with E-state index in [1.807, 2.05) is 31.2 Å². The van der Waals surface area contributed by atoms with Gasteiger partial charge < -0.3 is 19.8 Å². The number of rotatable bonds is 5.